The van der Waals surface area contributed by atoms with Gasteiger partial charge in [-0.1, -0.05) is 30.9 Å². The Morgan fingerprint density at radius 1 is 1.40 bits per heavy atom. The Morgan fingerprint density at radius 3 is 2.73 bits per heavy atom. The predicted molar refractivity (Wildman–Crippen MR) is 57.2 cm³/mol. The molecule has 1 aliphatic heterocycles. The van der Waals surface area contributed by atoms with Crippen molar-refractivity contribution in [2.24, 2.45) is 0 Å². The Bertz CT molecular complexity index is 504. The van der Waals surface area contributed by atoms with Crippen molar-refractivity contribution < 1.29 is 13.5 Å². The van der Waals surface area contributed by atoms with Crippen LogP contribution in [0.25, 0.3) is 0 Å². The van der Waals surface area contributed by atoms with Crippen LogP contribution in [-0.2, 0) is 15.4 Å². The summed E-state index contributed by atoms with van der Waals surface area (Å²) in [6.45, 7) is 3.56. The zero-order chi connectivity index (χ0) is 11.1. The minimum absolute atomic E-state index is 0.0352. The fourth-order valence-electron chi connectivity index (χ4n) is 1.84. The van der Waals surface area contributed by atoms with E-state index >= 15 is 0 Å². The number of rotatable bonds is 1. The topological polar surface area (TPSA) is 54.4 Å². The van der Waals surface area contributed by atoms with E-state index in [0.717, 1.165) is 0 Å². The number of hydrogen-bond acceptors (Lipinski definition) is 3. The first-order chi connectivity index (χ1) is 6.99. The van der Waals surface area contributed by atoms with Crippen molar-refractivity contribution in [3.05, 3.63) is 42.5 Å². The average molecular weight is 224 g/mol. The quantitative estimate of drug-likeness (QED) is 0.730. The molecule has 0 saturated carbocycles. The van der Waals surface area contributed by atoms with Gasteiger partial charge in [-0.25, -0.2) is 8.42 Å². The van der Waals surface area contributed by atoms with Crippen LogP contribution in [-0.4, -0.2) is 19.3 Å². The van der Waals surface area contributed by atoms with Gasteiger partial charge in [0.2, 0.25) is 0 Å². The van der Waals surface area contributed by atoms with E-state index in [1.54, 1.807) is 18.2 Å². The molecule has 0 aromatic heterocycles. The van der Waals surface area contributed by atoms with Gasteiger partial charge in [0, 0.05) is 5.56 Å². The maximum absolute atomic E-state index is 11.7. The highest BCUT2D eigenvalue weighted by molar-refractivity contribution is 7.91. The Balaban J connectivity index is 2.75. The monoisotopic (exact) mass is 224 g/mol. The summed E-state index contributed by atoms with van der Waals surface area (Å²) in [6, 6.07) is 6.53. The van der Waals surface area contributed by atoms with Crippen LogP contribution < -0.4 is 0 Å². The lowest BCUT2D eigenvalue weighted by molar-refractivity contribution is 0.0807. The van der Waals surface area contributed by atoms with Crippen molar-refractivity contribution in [1.82, 2.24) is 0 Å². The zero-order valence-electron chi connectivity index (χ0n) is 8.18. The lowest BCUT2D eigenvalue weighted by Crippen LogP contribution is -2.33. The standard InChI is InChI=1S/C11H12O3S/c1-2-11(12)7-8-15(13,14)10-6-4-3-5-9(10)11/h2-6,12H,1,7-8H2. The largest absolute Gasteiger partial charge is 0.381 e. The molecule has 1 heterocycles. The summed E-state index contributed by atoms with van der Waals surface area (Å²) in [5.74, 6) is -0.0352. The molecule has 0 amide bonds. The lowest BCUT2D eigenvalue weighted by atomic mass is 9.91. The molecule has 1 aromatic rings. The van der Waals surface area contributed by atoms with Crippen molar-refractivity contribution in [2.45, 2.75) is 16.9 Å². The summed E-state index contributed by atoms with van der Waals surface area (Å²) in [4.78, 5) is 0.221. The van der Waals surface area contributed by atoms with E-state index in [2.05, 4.69) is 6.58 Å². The van der Waals surface area contributed by atoms with Crippen LogP contribution in [0.4, 0.5) is 0 Å². The molecule has 1 atom stereocenters. The van der Waals surface area contributed by atoms with E-state index < -0.39 is 15.4 Å². The first kappa shape index (κ1) is 10.4. The molecule has 3 nitrogen and oxygen atoms in total. The van der Waals surface area contributed by atoms with E-state index in [9.17, 15) is 13.5 Å². The highest BCUT2D eigenvalue weighted by Gasteiger charge is 2.37. The maximum Gasteiger partial charge on any atom is 0.178 e. The minimum Gasteiger partial charge on any atom is -0.381 e. The Kier molecular flexibility index (Phi) is 2.20. The number of fused-ring (bicyclic) bond motifs is 1. The molecular formula is C11H12O3S. The fourth-order valence-corrected chi connectivity index (χ4v) is 3.51. The number of hydrogen-bond donors (Lipinski definition) is 1. The van der Waals surface area contributed by atoms with Crippen molar-refractivity contribution >= 4 is 9.84 Å². The van der Waals surface area contributed by atoms with E-state index in [1.165, 1.54) is 12.1 Å². The normalized spacial score (nSPS) is 28.1. The van der Waals surface area contributed by atoms with Crippen molar-refractivity contribution in [3.63, 3.8) is 0 Å². The number of sulfone groups is 1. The van der Waals surface area contributed by atoms with Crippen LogP contribution in [0.1, 0.15) is 12.0 Å². The molecule has 0 spiro atoms. The molecule has 0 saturated heterocycles. The second kappa shape index (κ2) is 3.18. The van der Waals surface area contributed by atoms with Crippen LogP contribution >= 0.6 is 0 Å². The van der Waals surface area contributed by atoms with Gasteiger partial charge in [0.25, 0.3) is 0 Å². The summed E-state index contributed by atoms with van der Waals surface area (Å²) in [5.41, 5.74) is -0.770. The molecule has 2 rings (SSSR count). The summed E-state index contributed by atoms with van der Waals surface area (Å²) in [5, 5.41) is 10.2. The number of benzene rings is 1. The molecule has 1 N–H and O–H groups in total. The molecule has 4 heteroatoms. The Labute approximate surface area is 89.0 Å². The molecule has 0 bridgehead atoms. The van der Waals surface area contributed by atoms with E-state index in [-0.39, 0.29) is 17.1 Å². The van der Waals surface area contributed by atoms with Gasteiger partial charge in [-0.05, 0) is 12.5 Å². The van der Waals surface area contributed by atoms with Gasteiger partial charge in [0.1, 0.15) is 5.60 Å². The van der Waals surface area contributed by atoms with Gasteiger partial charge in [-0.2, -0.15) is 0 Å². The molecule has 0 radical (unpaired) electrons. The van der Waals surface area contributed by atoms with Crippen molar-refractivity contribution in [2.75, 3.05) is 5.75 Å². The third-order valence-corrected chi connectivity index (χ3v) is 4.55. The van der Waals surface area contributed by atoms with Crippen LogP contribution in [0.15, 0.2) is 41.8 Å². The van der Waals surface area contributed by atoms with E-state index in [4.69, 9.17) is 0 Å². The van der Waals surface area contributed by atoms with Crippen LogP contribution in [0.2, 0.25) is 0 Å². The maximum atomic E-state index is 11.7. The molecule has 1 aromatic carbocycles. The van der Waals surface area contributed by atoms with Gasteiger partial charge in [-0.3, -0.25) is 0 Å². The summed E-state index contributed by atoms with van der Waals surface area (Å²) in [6.07, 6.45) is 1.58. The van der Waals surface area contributed by atoms with Gasteiger partial charge in [0.05, 0.1) is 10.6 Å². The first-order valence-electron chi connectivity index (χ1n) is 4.68. The fraction of sp³-hybridized carbons (Fsp3) is 0.273. The second-order valence-electron chi connectivity index (χ2n) is 3.69. The lowest BCUT2D eigenvalue weighted by Gasteiger charge is -2.31. The molecular weight excluding hydrogens is 212 g/mol. The minimum atomic E-state index is -3.23. The van der Waals surface area contributed by atoms with Gasteiger partial charge in [0.15, 0.2) is 9.84 Å². The van der Waals surface area contributed by atoms with E-state index in [1.807, 2.05) is 0 Å². The average Bonchev–Trinajstić information content (AvgIpc) is 2.25. The molecule has 0 fully saturated rings. The highest BCUT2D eigenvalue weighted by Crippen LogP contribution is 2.37. The van der Waals surface area contributed by atoms with E-state index in [0.29, 0.717) is 5.56 Å². The van der Waals surface area contributed by atoms with Gasteiger partial charge >= 0.3 is 0 Å². The molecule has 0 aliphatic carbocycles. The summed E-state index contributed by atoms with van der Waals surface area (Å²) >= 11 is 0. The van der Waals surface area contributed by atoms with Crippen LogP contribution in [0.3, 0.4) is 0 Å². The van der Waals surface area contributed by atoms with Crippen LogP contribution in [0, 0.1) is 0 Å². The Hall–Kier alpha value is -1.13. The highest BCUT2D eigenvalue weighted by atomic mass is 32.2. The third-order valence-electron chi connectivity index (χ3n) is 2.78. The predicted octanol–water partition coefficient (Wildman–Crippen LogP) is 1.24. The summed E-state index contributed by atoms with van der Waals surface area (Å²) in [7, 11) is -3.23. The summed E-state index contributed by atoms with van der Waals surface area (Å²) < 4.78 is 23.5. The molecule has 1 aliphatic rings. The second-order valence-corrected chi connectivity index (χ2v) is 5.77. The van der Waals surface area contributed by atoms with Crippen molar-refractivity contribution in [3.8, 4) is 0 Å². The third kappa shape index (κ3) is 1.50. The van der Waals surface area contributed by atoms with Crippen molar-refractivity contribution in [1.29, 1.82) is 0 Å². The van der Waals surface area contributed by atoms with Crippen LogP contribution in [0.5, 0.6) is 0 Å². The first-order valence-corrected chi connectivity index (χ1v) is 6.33. The molecule has 1 unspecified atom stereocenters. The Morgan fingerprint density at radius 2 is 2.07 bits per heavy atom. The number of aliphatic hydroxyl groups is 1. The van der Waals surface area contributed by atoms with Gasteiger partial charge < -0.3 is 5.11 Å². The van der Waals surface area contributed by atoms with Gasteiger partial charge in [-0.15, -0.1) is 0 Å². The SMILES string of the molecule is C=CC1(O)CCS(=O)(=O)c2ccccc21. The zero-order valence-corrected chi connectivity index (χ0v) is 9.00. The smallest absolute Gasteiger partial charge is 0.178 e. The molecule has 80 valence electrons. The molecule has 15 heavy (non-hydrogen) atoms.